The molecule has 0 bridgehead atoms. The quantitative estimate of drug-likeness (QED) is 0.846. The van der Waals surface area contributed by atoms with Crippen LogP contribution < -0.4 is 10.6 Å². The van der Waals surface area contributed by atoms with E-state index in [9.17, 15) is 4.79 Å². The van der Waals surface area contributed by atoms with Crippen molar-refractivity contribution in [2.45, 2.75) is 50.3 Å². The van der Waals surface area contributed by atoms with Crippen molar-refractivity contribution in [2.75, 3.05) is 18.1 Å². The van der Waals surface area contributed by atoms with Crippen LogP contribution in [0.1, 0.15) is 49.5 Å². The number of amides is 1. The van der Waals surface area contributed by atoms with Crippen LogP contribution in [0.2, 0.25) is 0 Å². The largest absolute Gasteiger partial charge is 0.369 e. The summed E-state index contributed by atoms with van der Waals surface area (Å²) in [6.07, 6.45) is 7.72. The molecule has 116 valence electrons. The lowest BCUT2D eigenvalue weighted by atomic mass is 9.95. The summed E-state index contributed by atoms with van der Waals surface area (Å²) in [4.78, 5) is 12.2. The van der Waals surface area contributed by atoms with Gasteiger partial charge in [-0.1, -0.05) is 13.3 Å². The molecule has 0 spiro atoms. The van der Waals surface area contributed by atoms with E-state index in [0.717, 1.165) is 25.8 Å². The van der Waals surface area contributed by atoms with Crippen molar-refractivity contribution >= 4 is 23.5 Å². The lowest BCUT2D eigenvalue weighted by Crippen LogP contribution is -2.39. The minimum Gasteiger partial charge on any atom is -0.369 e. The monoisotopic (exact) mass is 308 g/mol. The number of hydrogen-bond acceptors (Lipinski definition) is 5. The predicted octanol–water partition coefficient (Wildman–Crippen LogP) is 2.70. The number of nitrogens with one attached hydrogen (secondary N) is 2. The Kier molecular flexibility index (Phi) is 6.29. The van der Waals surface area contributed by atoms with Crippen molar-refractivity contribution in [2.24, 2.45) is 0 Å². The van der Waals surface area contributed by atoms with Gasteiger partial charge in [0.2, 0.25) is 0 Å². The van der Waals surface area contributed by atoms with Crippen LogP contribution in [-0.2, 0) is 0 Å². The van der Waals surface area contributed by atoms with Gasteiger partial charge in [-0.3, -0.25) is 4.79 Å². The first kappa shape index (κ1) is 16.1. The maximum atomic E-state index is 12.2. The van der Waals surface area contributed by atoms with Crippen molar-refractivity contribution in [1.82, 2.24) is 15.5 Å². The third kappa shape index (κ3) is 4.88. The van der Waals surface area contributed by atoms with Gasteiger partial charge in [-0.05, 0) is 44.1 Å². The molecule has 1 amide bonds. The number of nitrogens with zero attached hydrogens (tertiary/aromatic N) is 2. The van der Waals surface area contributed by atoms with Gasteiger partial charge < -0.3 is 10.6 Å². The second-order valence-corrected chi connectivity index (χ2v) is 6.56. The molecule has 0 aliphatic heterocycles. The van der Waals surface area contributed by atoms with Crippen LogP contribution in [0.15, 0.2) is 12.1 Å². The third-order valence-corrected chi connectivity index (χ3v) is 4.84. The summed E-state index contributed by atoms with van der Waals surface area (Å²) >= 11 is 1.89. The Hall–Kier alpha value is -1.30. The van der Waals surface area contributed by atoms with Crippen molar-refractivity contribution in [3.63, 3.8) is 0 Å². The number of rotatable bonds is 6. The highest BCUT2D eigenvalue weighted by molar-refractivity contribution is 7.99. The Morgan fingerprint density at radius 2 is 2.24 bits per heavy atom. The molecular formula is C15H24N4OS. The van der Waals surface area contributed by atoms with Crippen LogP contribution in [0.5, 0.6) is 0 Å². The Morgan fingerprint density at radius 1 is 1.38 bits per heavy atom. The molecule has 1 aliphatic rings. The van der Waals surface area contributed by atoms with Crippen LogP contribution in [0.4, 0.5) is 5.82 Å². The van der Waals surface area contributed by atoms with Crippen molar-refractivity contribution in [3.8, 4) is 0 Å². The summed E-state index contributed by atoms with van der Waals surface area (Å²) in [5.41, 5.74) is 0.392. The summed E-state index contributed by atoms with van der Waals surface area (Å²) < 4.78 is 0. The molecule has 2 unspecified atom stereocenters. The number of aromatic nitrogens is 2. The van der Waals surface area contributed by atoms with E-state index in [1.165, 1.54) is 12.8 Å². The first-order valence-corrected chi connectivity index (χ1v) is 8.93. The maximum absolute atomic E-state index is 12.2. The standard InChI is InChI=1S/C15H24N4OS/c1-3-9-16-14-8-7-13(18-19-14)15(20)17-11-5-4-6-12(10-11)21-2/h7-8,11-12H,3-6,9-10H2,1-2H3,(H,16,19)(H,17,20). The first-order valence-electron chi connectivity index (χ1n) is 7.64. The number of anilines is 1. The second kappa shape index (κ2) is 8.22. The third-order valence-electron chi connectivity index (χ3n) is 3.75. The lowest BCUT2D eigenvalue weighted by Gasteiger charge is -2.28. The molecule has 0 radical (unpaired) electrons. The fraction of sp³-hybridized carbons (Fsp3) is 0.667. The molecule has 6 heteroatoms. The predicted molar refractivity (Wildman–Crippen MR) is 87.8 cm³/mol. The summed E-state index contributed by atoms with van der Waals surface area (Å²) in [6, 6.07) is 3.81. The summed E-state index contributed by atoms with van der Waals surface area (Å²) in [5.74, 6) is 0.602. The Morgan fingerprint density at radius 3 is 2.90 bits per heavy atom. The number of carbonyl (C=O) groups is 1. The summed E-state index contributed by atoms with van der Waals surface area (Å²) in [6.45, 7) is 2.95. The van der Waals surface area contributed by atoms with Gasteiger partial charge in [0.1, 0.15) is 5.82 Å². The van der Waals surface area contributed by atoms with Crippen LogP contribution in [-0.4, -0.2) is 40.2 Å². The van der Waals surface area contributed by atoms with Gasteiger partial charge in [0.15, 0.2) is 5.69 Å². The van der Waals surface area contributed by atoms with Crippen LogP contribution >= 0.6 is 11.8 Å². The van der Waals surface area contributed by atoms with E-state index in [1.54, 1.807) is 6.07 Å². The zero-order chi connectivity index (χ0) is 15.1. The van der Waals surface area contributed by atoms with E-state index in [2.05, 4.69) is 34.0 Å². The minimum absolute atomic E-state index is 0.115. The number of thioether (sulfide) groups is 1. The zero-order valence-electron chi connectivity index (χ0n) is 12.8. The van der Waals surface area contributed by atoms with Gasteiger partial charge >= 0.3 is 0 Å². The van der Waals surface area contributed by atoms with Crippen LogP contribution in [0.25, 0.3) is 0 Å². The van der Waals surface area contributed by atoms with Gasteiger partial charge in [-0.25, -0.2) is 0 Å². The topological polar surface area (TPSA) is 66.9 Å². The molecular weight excluding hydrogens is 284 g/mol. The van der Waals surface area contributed by atoms with Crippen LogP contribution in [0, 0.1) is 0 Å². The first-order chi connectivity index (χ1) is 10.2. The van der Waals surface area contributed by atoms with Gasteiger partial charge in [-0.2, -0.15) is 11.8 Å². The highest BCUT2D eigenvalue weighted by atomic mass is 32.2. The summed E-state index contributed by atoms with van der Waals surface area (Å²) in [7, 11) is 0. The molecule has 21 heavy (non-hydrogen) atoms. The van der Waals surface area contributed by atoms with E-state index >= 15 is 0 Å². The average molecular weight is 308 g/mol. The van der Waals surface area contributed by atoms with Gasteiger partial charge in [0.25, 0.3) is 5.91 Å². The number of carbonyl (C=O) groups excluding carboxylic acids is 1. The van der Waals surface area contributed by atoms with E-state index < -0.39 is 0 Å². The van der Waals surface area contributed by atoms with E-state index in [4.69, 9.17) is 0 Å². The highest BCUT2D eigenvalue weighted by Gasteiger charge is 2.23. The Balaban J connectivity index is 1.87. The molecule has 5 nitrogen and oxygen atoms in total. The fourth-order valence-electron chi connectivity index (χ4n) is 2.55. The van der Waals surface area contributed by atoms with E-state index in [1.807, 2.05) is 17.8 Å². The Bertz CT molecular complexity index is 451. The normalized spacial score (nSPS) is 21.8. The zero-order valence-corrected chi connectivity index (χ0v) is 13.6. The van der Waals surface area contributed by atoms with Crippen LogP contribution in [0.3, 0.4) is 0 Å². The molecule has 2 rings (SSSR count). The number of hydrogen-bond donors (Lipinski definition) is 2. The smallest absolute Gasteiger partial charge is 0.272 e. The van der Waals surface area contributed by atoms with Crippen molar-refractivity contribution < 1.29 is 4.79 Å². The molecule has 2 N–H and O–H groups in total. The maximum Gasteiger partial charge on any atom is 0.272 e. The Labute approximate surface area is 130 Å². The fourth-order valence-corrected chi connectivity index (χ4v) is 3.38. The molecule has 2 atom stereocenters. The van der Waals surface area contributed by atoms with E-state index in [-0.39, 0.29) is 11.9 Å². The molecule has 1 heterocycles. The molecule has 1 aliphatic carbocycles. The molecule has 1 aromatic rings. The highest BCUT2D eigenvalue weighted by Crippen LogP contribution is 2.26. The molecule has 1 fully saturated rings. The molecule has 0 saturated heterocycles. The SMILES string of the molecule is CCCNc1ccc(C(=O)NC2CCCC(SC)C2)nn1. The average Bonchev–Trinajstić information content (AvgIpc) is 2.53. The summed E-state index contributed by atoms with van der Waals surface area (Å²) in [5, 5.41) is 14.9. The van der Waals surface area contributed by atoms with Gasteiger partial charge in [0, 0.05) is 17.8 Å². The van der Waals surface area contributed by atoms with Gasteiger partial charge in [0.05, 0.1) is 0 Å². The molecule has 1 saturated carbocycles. The van der Waals surface area contributed by atoms with Gasteiger partial charge in [-0.15, -0.1) is 10.2 Å². The molecule has 0 aromatic carbocycles. The van der Waals surface area contributed by atoms with Crippen molar-refractivity contribution in [3.05, 3.63) is 17.8 Å². The van der Waals surface area contributed by atoms with E-state index in [0.29, 0.717) is 16.8 Å². The minimum atomic E-state index is -0.115. The lowest BCUT2D eigenvalue weighted by molar-refractivity contribution is 0.0922. The van der Waals surface area contributed by atoms with Crippen molar-refractivity contribution in [1.29, 1.82) is 0 Å². The molecule has 1 aromatic heterocycles. The second-order valence-electron chi connectivity index (χ2n) is 5.43.